The SMILES string of the molecule is CC(OC(=O)CSCc1cccc2cc3ccccc3cc12)OC1CCCCC1. The molecule has 0 aromatic heterocycles. The lowest BCUT2D eigenvalue weighted by molar-refractivity contribution is -0.184. The van der Waals surface area contributed by atoms with E-state index >= 15 is 0 Å². The van der Waals surface area contributed by atoms with E-state index in [0.717, 1.165) is 18.6 Å². The monoisotopic (exact) mass is 408 g/mol. The summed E-state index contributed by atoms with van der Waals surface area (Å²) in [6.07, 6.45) is 5.64. The fourth-order valence-corrected chi connectivity index (χ4v) is 4.93. The van der Waals surface area contributed by atoms with Gasteiger partial charge in [-0.15, -0.1) is 11.8 Å². The molecule has 0 heterocycles. The lowest BCUT2D eigenvalue weighted by Crippen LogP contribution is -2.26. The maximum atomic E-state index is 12.2. The van der Waals surface area contributed by atoms with Gasteiger partial charge in [-0.3, -0.25) is 4.79 Å². The van der Waals surface area contributed by atoms with Gasteiger partial charge >= 0.3 is 5.97 Å². The highest BCUT2D eigenvalue weighted by Gasteiger charge is 2.19. The largest absolute Gasteiger partial charge is 0.435 e. The molecule has 29 heavy (non-hydrogen) atoms. The van der Waals surface area contributed by atoms with Gasteiger partial charge in [-0.05, 0) is 59.0 Å². The van der Waals surface area contributed by atoms with Gasteiger partial charge in [0.1, 0.15) is 0 Å². The Labute approximate surface area is 176 Å². The van der Waals surface area contributed by atoms with E-state index < -0.39 is 6.29 Å². The number of carbonyl (C=O) groups is 1. The smallest absolute Gasteiger partial charge is 0.318 e. The predicted molar refractivity (Wildman–Crippen MR) is 121 cm³/mol. The van der Waals surface area contributed by atoms with Crippen LogP contribution in [0.4, 0.5) is 0 Å². The van der Waals surface area contributed by atoms with Crippen molar-refractivity contribution in [2.24, 2.45) is 0 Å². The van der Waals surface area contributed by atoms with Crippen LogP contribution in [0, 0.1) is 0 Å². The van der Waals surface area contributed by atoms with E-state index in [1.54, 1.807) is 11.8 Å². The first kappa shape index (κ1) is 20.2. The van der Waals surface area contributed by atoms with Crippen LogP contribution < -0.4 is 0 Å². The Hall–Kier alpha value is -2.04. The average molecular weight is 409 g/mol. The summed E-state index contributed by atoms with van der Waals surface area (Å²) in [5, 5.41) is 4.98. The number of thioether (sulfide) groups is 1. The van der Waals surface area contributed by atoms with Crippen LogP contribution in [0.3, 0.4) is 0 Å². The predicted octanol–water partition coefficient (Wildman–Crippen LogP) is 6.46. The molecule has 0 bridgehead atoms. The first-order valence-electron chi connectivity index (χ1n) is 10.5. The van der Waals surface area contributed by atoms with Gasteiger partial charge in [-0.1, -0.05) is 61.7 Å². The number of carbonyl (C=O) groups excluding carboxylic acids is 1. The fourth-order valence-electron chi connectivity index (χ4n) is 4.12. The van der Waals surface area contributed by atoms with Gasteiger partial charge in [0, 0.05) is 5.75 Å². The van der Waals surface area contributed by atoms with Crippen LogP contribution in [0.2, 0.25) is 0 Å². The average Bonchev–Trinajstić information content (AvgIpc) is 2.73. The summed E-state index contributed by atoms with van der Waals surface area (Å²) >= 11 is 1.59. The molecule has 1 atom stereocenters. The number of rotatable bonds is 7. The van der Waals surface area contributed by atoms with Crippen LogP contribution >= 0.6 is 11.8 Å². The summed E-state index contributed by atoms with van der Waals surface area (Å²) in [6.45, 7) is 1.83. The second kappa shape index (κ2) is 9.64. The zero-order valence-corrected chi connectivity index (χ0v) is 17.8. The van der Waals surface area contributed by atoms with Crippen LogP contribution in [0.25, 0.3) is 21.5 Å². The van der Waals surface area contributed by atoms with Gasteiger partial charge in [0.05, 0.1) is 11.9 Å². The molecule has 1 aliphatic carbocycles. The van der Waals surface area contributed by atoms with E-state index in [1.165, 1.54) is 46.4 Å². The molecule has 1 saturated carbocycles. The van der Waals surface area contributed by atoms with Gasteiger partial charge in [0.25, 0.3) is 0 Å². The fraction of sp³-hybridized carbons (Fsp3) is 0.400. The summed E-state index contributed by atoms with van der Waals surface area (Å²) in [7, 11) is 0. The Kier molecular flexibility index (Phi) is 6.73. The van der Waals surface area contributed by atoms with Gasteiger partial charge < -0.3 is 9.47 Å². The van der Waals surface area contributed by atoms with Crippen molar-refractivity contribution in [2.45, 2.75) is 57.2 Å². The second-order valence-corrected chi connectivity index (χ2v) is 8.77. The molecule has 0 aliphatic heterocycles. The van der Waals surface area contributed by atoms with Crippen LogP contribution in [-0.2, 0) is 20.0 Å². The summed E-state index contributed by atoms with van der Waals surface area (Å²) in [4.78, 5) is 12.2. The second-order valence-electron chi connectivity index (χ2n) is 7.78. The zero-order valence-electron chi connectivity index (χ0n) is 16.9. The van der Waals surface area contributed by atoms with Crippen molar-refractivity contribution in [1.82, 2.24) is 0 Å². The minimum Gasteiger partial charge on any atom is -0.435 e. The summed E-state index contributed by atoms with van der Waals surface area (Å²) in [5.41, 5.74) is 1.25. The molecule has 4 rings (SSSR count). The number of fused-ring (bicyclic) bond motifs is 2. The molecule has 0 N–H and O–H groups in total. The van der Waals surface area contributed by atoms with Gasteiger partial charge in [-0.25, -0.2) is 0 Å². The van der Waals surface area contributed by atoms with Crippen LogP contribution in [-0.4, -0.2) is 24.1 Å². The zero-order chi connectivity index (χ0) is 20.1. The van der Waals surface area contributed by atoms with Gasteiger partial charge in [0.2, 0.25) is 0 Å². The molecule has 3 aromatic carbocycles. The molecule has 1 aliphatic rings. The standard InChI is InChI=1S/C25H28O3S/c1-18(27-23-12-3-2-4-13-23)28-25(26)17-29-16-22-11-7-10-21-14-19-8-5-6-9-20(19)15-24(21)22/h5-11,14-15,18,23H,2-4,12-13,16-17H2,1H3. The number of hydrogen-bond acceptors (Lipinski definition) is 4. The van der Waals surface area contributed by atoms with E-state index in [9.17, 15) is 4.79 Å². The lowest BCUT2D eigenvalue weighted by atomic mass is 9.98. The quantitative estimate of drug-likeness (QED) is 0.255. The molecule has 1 fully saturated rings. The Bertz CT molecular complexity index is 978. The van der Waals surface area contributed by atoms with E-state index in [2.05, 4.69) is 54.6 Å². The number of ether oxygens (including phenoxy) is 2. The molecule has 0 amide bonds. The van der Waals surface area contributed by atoms with Crippen molar-refractivity contribution in [3.63, 3.8) is 0 Å². The molecule has 0 spiro atoms. The molecule has 1 unspecified atom stereocenters. The number of esters is 1. The Balaban J connectivity index is 1.32. The molecule has 3 aromatic rings. The van der Waals surface area contributed by atoms with E-state index in [-0.39, 0.29) is 12.1 Å². The first-order valence-corrected chi connectivity index (χ1v) is 11.7. The van der Waals surface area contributed by atoms with Crippen molar-refractivity contribution < 1.29 is 14.3 Å². The van der Waals surface area contributed by atoms with Crippen molar-refractivity contribution in [1.29, 1.82) is 0 Å². The molecule has 152 valence electrons. The highest BCUT2D eigenvalue weighted by molar-refractivity contribution is 7.99. The Morgan fingerprint density at radius 2 is 1.72 bits per heavy atom. The number of hydrogen-bond donors (Lipinski definition) is 0. The van der Waals surface area contributed by atoms with Crippen molar-refractivity contribution >= 4 is 39.3 Å². The molecule has 3 nitrogen and oxygen atoms in total. The Morgan fingerprint density at radius 3 is 2.52 bits per heavy atom. The van der Waals surface area contributed by atoms with E-state index in [1.807, 2.05) is 6.92 Å². The van der Waals surface area contributed by atoms with E-state index in [0.29, 0.717) is 5.75 Å². The van der Waals surface area contributed by atoms with Crippen LogP contribution in [0.5, 0.6) is 0 Å². The van der Waals surface area contributed by atoms with Crippen molar-refractivity contribution in [3.05, 3.63) is 60.2 Å². The third kappa shape index (κ3) is 5.31. The minimum absolute atomic E-state index is 0.205. The van der Waals surface area contributed by atoms with Crippen molar-refractivity contribution in [2.75, 3.05) is 5.75 Å². The van der Waals surface area contributed by atoms with E-state index in [4.69, 9.17) is 9.47 Å². The Morgan fingerprint density at radius 1 is 1.00 bits per heavy atom. The van der Waals surface area contributed by atoms with Gasteiger partial charge in [0.15, 0.2) is 6.29 Å². The topological polar surface area (TPSA) is 35.5 Å². The maximum Gasteiger partial charge on any atom is 0.318 e. The normalized spacial score (nSPS) is 16.2. The molecule has 0 radical (unpaired) electrons. The number of benzene rings is 3. The third-order valence-corrected chi connectivity index (χ3v) is 6.50. The maximum absolute atomic E-state index is 12.2. The third-order valence-electron chi connectivity index (χ3n) is 5.55. The molecule has 0 saturated heterocycles. The summed E-state index contributed by atoms with van der Waals surface area (Å²) in [5.74, 6) is 0.911. The minimum atomic E-state index is -0.463. The molecular formula is C25H28O3S. The van der Waals surface area contributed by atoms with Crippen molar-refractivity contribution in [3.8, 4) is 0 Å². The van der Waals surface area contributed by atoms with Crippen LogP contribution in [0.1, 0.15) is 44.6 Å². The van der Waals surface area contributed by atoms with Crippen LogP contribution in [0.15, 0.2) is 54.6 Å². The molecule has 4 heteroatoms. The first-order chi connectivity index (χ1) is 14.2. The molecular weight excluding hydrogens is 380 g/mol. The summed E-state index contributed by atoms with van der Waals surface area (Å²) in [6, 6.07) is 19.3. The highest BCUT2D eigenvalue weighted by atomic mass is 32.2. The highest BCUT2D eigenvalue weighted by Crippen LogP contribution is 2.28. The lowest BCUT2D eigenvalue weighted by Gasteiger charge is -2.25. The van der Waals surface area contributed by atoms with Gasteiger partial charge in [-0.2, -0.15) is 0 Å². The summed E-state index contributed by atoms with van der Waals surface area (Å²) < 4.78 is 11.3.